The summed E-state index contributed by atoms with van der Waals surface area (Å²) in [4.78, 5) is 16.7. The summed E-state index contributed by atoms with van der Waals surface area (Å²) in [5.41, 5.74) is 3.32. The van der Waals surface area contributed by atoms with Gasteiger partial charge in [-0.15, -0.1) is 0 Å². The van der Waals surface area contributed by atoms with Crippen molar-refractivity contribution < 1.29 is 4.79 Å². The van der Waals surface area contributed by atoms with Gasteiger partial charge in [0.1, 0.15) is 0 Å². The molecule has 0 spiro atoms. The monoisotopic (exact) mass is 391 g/mol. The Bertz CT molecular complexity index is 756. The summed E-state index contributed by atoms with van der Waals surface area (Å²) >= 11 is 12.1. The first kappa shape index (κ1) is 18.9. The fraction of sp³-hybridized carbons (Fsp3) is 0.350. The number of rotatable bonds is 5. The van der Waals surface area contributed by atoms with Crippen molar-refractivity contribution in [2.45, 2.75) is 12.8 Å². The Morgan fingerprint density at radius 1 is 1.00 bits per heavy atom. The van der Waals surface area contributed by atoms with Gasteiger partial charge in [0.25, 0.3) is 0 Å². The average Bonchev–Trinajstić information content (AvgIpc) is 2.69. The SMILES string of the molecule is CNc1ccc(CCC(=O)N2CCN(c3ccc(Cl)c(Cl)c3)CC2)cc1. The third-order valence-electron chi connectivity index (χ3n) is 4.77. The van der Waals surface area contributed by atoms with Gasteiger partial charge in [-0.2, -0.15) is 0 Å². The maximum absolute atomic E-state index is 12.5. The molecule has 6 heteroatoms. The van der Waals surface area contributed by atoms with E-state index >= 15 is 0 Å². The fourth-order valence-corrected chi connectivity index (χ4v) is 3.44. The number of aryl methyl sites for hydroxylation is 1. The second kappa shape index (κ2) is 8.65. The van der Waals surface area contributed by atoms with Crippen LogP contribution in [0, 0.1) is 0 Å². The van der Waals surface area contributed by atoms with Crippen LogP contribution >= 0.6 is 23.2 Å². The standard InChI is InChI=1S/C20H23Cl2N3O/c1-23-16-5-2-15(3-6-16)4-9-20(26)25-12-10-24(11-13-25)17-7-8-18(21)19(22)14-17/h2-3,5-8,14,23H,4,9-13H2,1H3. The molecule has 26 heavy (non-hydrogen) atoms. The van der Waals surface area contributed by atoms with Gasteiger partial charge in [-0.05, 0) is 42.3 Å². The summed E-state index contributed by atoms with van der Waals surface area (Å²) in [6, 6.07) is 13.9. The fourth-order valence-electron chi connectivity index (χ4n) is 3.14. The van der Waals surface area contributed by atoms with Gasteiger partial charge in [-0.1, -0.05) is 35.3 Å². The highest BCUT2D eigenvalue weighted by Crippen LogP contribution is 2.27. The average molecular weight is 392 g/mol. The highest BCUT2D eigenvalue weighted by molar-refractivity contribution is 6.42. The molecule has 0 radical (unpaired) electrons. The summed E-state index contributed by atoms with van der Waals surface area (Å²) < 4.78 is 0. The molecule has 0 bridgehead atoms. The van der Waals surface area contributed by atoms with E-state index in [1.54, 1.807) is 0 Å². The lowest BCUT2D eigenvalue weighted by Gasteiger charge is -2.36. The second-order valence-electron chi connectivity index (χ2n) is 6.41. The van der Waals surface area contributed by atoms with Crippen LogP contribution in [0.25, 0.3) is 0 Å². The molecule has 1 aliphatic heterocycles. The van der Waals surface area contributed by atoms with Gasteiger partial charge in [0, 0.05) is 51.0 Å². The van der Waals surface area contributed by atoms with Crippen molar-refractivity contribution in [3.8, 4) is 0 Å². The summed E-state index contributed by atoms with van der Waals surface area (Å²) in [6.07, 6.45) is 1.32. The Labute approximate surface area is 164 Å². The predicted octanol–water partition coefficient (Wildman–Crippen LogP) is 4.32. The van der Waals surface area contributed by atoms with E-state index in [0.29, 0.717) is 16.5 Å². The zero-order chi connectivity index (χ0) is 18.5. The highest BCUT2D eigenvalue weighted by atomic mass is 35.5. The zero-order valence-electron chi connectivity index (χ0n) is 14.8. The van der Waals surface area contributed by atoms with Crippen LogP contribution in [0.3, 0.4) is 0 Å². The number of nitrogens with one attached hydrogen (secondary N) is 1. The molecule has 1 N–H and O–H groups in total. The van der Waals surface area contributed by atoms with E-state index in [9.17, 15) is 4.79 Å². The zero-order valence-corrected chi connectivity index (χ0v) is 16.4. The van der Waals surface area contributed by atoms with Gasteiger partial charge in [-0.3, -0.25) is 4.79 Å². The maximum atomic E-state index is 12.5. The van der Waals surface area contributed by atoms with E-state index < -0.39 is 0 Å². The molecule has 0 aliphatic carbocycles. The van der Waals surface area contributed by atoms with Crippen LogP contribution in [0.15, 0.2) is 42.5 Å². The molecular weight excluding hydrogens is 369 g/mol. The molecule has 0 atom stereocenters. The van der Waals surface area contributed by atoms with E-state index in [0.717, 1.165) is 44.0 Å². The van der Waals surface area contributed by atoms with Crippen LogP contribution in [0.2, 0.25) is 10.0 Å². The summed E-state index contributed by atoms with van der Waals surface area (Å²) in [5, 5.41) is 4.22. The Kier molecular flexibility index (Phi) is 6.28. The summed E-state index contributed by atoms with van der Waals surface area (Å²) in [5.74, 6) is 0.219. The number of carbonyl (C=O) groups excluding carboxylic acids is 1. The first-order valence-electron chi connectivity index (χ1n) is 8.81. The maximum Gasteiger partial charge on any atom is 0.223 e. The molecule has 0 unspecified atom stereocenters. The third kappa shape index (κ3) is 4.63. The van der Waals surface area contributed by atoms with Crippen molar-refractivity contribution in [3.05, 3.63) is 58.1 Å². The smallest absolute Gasteiger partial charge is 0.223 e. The van der Waals surface area contributed by atoms with Gasteiger partial charge in [-0.25, -0.2) is 0 Å². The molecule has 4 nitrogen and oxygen atoms in total. The molecule has 1 amide bonds. The number of halogens is 2. The van der Waals surface area contributed by atoms with Crippen molar-refractivity contribution in [3.63, 3.8) is 0 Å². The first-order valence-corrected chi connectivity index (χ1v) is 9.57. The quantitative estimate of drug-likeness (QED) is 0.824. The van der Waals surface area contributed by atoms with Gasteiger partial charge < -0.3 is 15.1 Å². The van der Waals surface area contributed by atoms with Crippen molar-refractivity contribution in [2.75, 3.05) is 43.4 Å². The molecule has 1 saturated heterocycles. The number of anilines is 2. The van der Waals surface area contributed by atoms with E-state index in [1.807, 2.05) is 42.3 Å². The first-order chi connectivity index (χ1) is 12.6. The summed E-state index contributed by atoms with van der Waals surface area (Å²) in [7, 11) is 1.90. The van der Waals surface area contributed by atoms with Gasteiger partial charge in [0.2, 0.25) is 5.91 Å². The van der Waals surface area contributed by atoms with Gasteiger partial charge >= 0.3 is 0 Å². The Hall–Kier alpha value is -1.91. The van der Waals surface area contributed by atoms with Gasteiger partial charge in [0.05, 0.1) is 10.0 Å². The van der Waals surface area contributed by atoms with Crippen LogP contribution in [-0.2, 0) is 11.2 Å². The number of carbonyl (C=O) groups is 1. The second-order valence-corrected chi connectivity index (χ2v) is 7.23. The van der Waals surface area contributed by atoms with Crippen LogP contribution in [0.1, 0.15) is 12.0 Å². The number of benzene rings is 2. The van der Waals surface area contributed by atoms with Crippen molar-refractivity contribution in [1.29, 1.82) is 0 Å². The topological polar surface area (TPSA) is 35.6 Å². The van der Waals surface area contributed by atoms with E-state index in [2.05, 4.69) is 22.3 Å². The summed E-state index contributed by atoms with van der Waals surface area (Å²) in [6.45, 7) is 3.08. The number of hydrogen-bond donors (Lipinski definition) is 1. The van der Waals surface area contributed by atoms with Crippen LogP contribution in [-0.4, -0.2) is 44.0 Å². The minimum Gasteiger partial charge on any atom is -0.388 e. The predicted molar refractivity (Wildman–Crippen MR) is 110 cm³/mol. The number of piperazine rings is 1. The number of amides is 1. The Morgan fingerprint density at radius 3 is 2.31 bits per heavy atom. The lowest BCUT2D eigenvalue weighted by Crippen LogP contribution is -2.48. The van der Waals surface area contributed by atoms with Crippen molar-refractivity contribution in [1.82, 2.24) is 4.90 Å². The van der Waals surface area contributed by atoms with E-state index in [-0.39, 0.29) is 5.91 Å². The highest BCUT2D eigenvalue weighted by Gasteiger charge is 2.21. The lowest BCUT2D eigenvalue weighted by molar-refractivity contribution is -0.131. The normalized spacial score (nSPS) is 14.4. The third-order valence-corrected chi connectivity index (χ3v) is 5.51. The van der Waals surface area contributed by atoms with Crippen molar-refractivity contribution >= 4 is 40.5 Å². The van der Waals surface area contributed by atoms with E-state index in [4.69, 9.17) is 23.2 Å². The number of nitrogens with zero attached hydrogens (tertiary/aromatic N) is 2. The Morgan fingerprint density at radius 2 is 1.69 bits per heavy atom. The van der Waals surface area contributed by atoms with Crippen LogP contribution in [0.4, 0.5) is 11.4 Å². The minimum atomic E-state index is 0.219. The molecule has 0 saturated carbocycles. The molecule has 3 rings (SSSR count). The minimum absolute atomic E-state index is 0.219. The van der Waals surface area contributed by atoms with Crippen molar-refractivity contribution in [2.24, 2.45) is 0 Å². The molecule has 138 valence electrons. The molecule has 1 heterocycles. The molecule has 1 fully saturated rings. The lowest BCUT2D eigenvalue weighted by atomic mass is 10.1. The molecule has 2 aromatic carbocycles. The largest absolute Gasteiger partial charge is 0.388 e. The molecule has 0 aromatic heterocycles. The number of hydrogen-bond acceptors (Lipinski definition) is 3. The Balaban J connectivity index is 1.49. The van der Waals surface area contributed by atoms with E-state index in [1.165, 1.54) is 5.56 Å². The van der Waals surface area contributed by atoms with Gasteiger partial charge in [0.15, 0.2) is 0 Å². The molecular formula is C20H23Cl2N3O. The van der Waals surface area contributed by atoms with Crippen LogP contribution < -0.4 is 10.2 Å². The molecule has 2 aromatic rings. The molecule has 1 aliphatic rings. The van der Waals surface area contributed by atoms with Crippen LogP contribution in [0.5, 0.6) is 0 Å².